The van der Waals surface area contributed by atoms with E-state index in [4.69, 9.17) is 16.3 Å². The van der Waals surface area contributed by atoms with Crippen LogP contribution in [0.1, 0.15) is 23.0 Å². The van der Waals surface area contributed by atoms with Gasteiger partial charge in [0.1, 0.15) is 15.0 Å². The molecular weight excluding hydrogens is 460 g/mol. The SMILES string of the molecule is CCOC(=O)c1c(C)nc2sc3c(=O)n(-c4ccccc4)nnc3c2c1-c1ccc(Cl)cc1. The van der Waals surface area contributed by atoms with Crippen LogP contribution in [0.2, 0.25) is 5.02 Å². The highest BCUT2D eigenvalue weighted by Crippen LogP contribution is 2.40. The Morgan fingerprint density at radius 3 is 2.55 bits per heavy atom. The highest BCUT2D eigenvalue weighted by molar-refractivity contribution is 7.25. The van der Waals surface area contributed by atoms with Gasteiger partial charge >= 0.3 is 5.97 Å². The fraction of sp³-hybridized carbons (Fsp3) is 0.125. The zero-order chi connectivity index (χ0) is 23.1. The van der Waals surface area contributed by atoms with Gasteiger partial charge in [0.05, 0.1) is 23.6 Å². The molecule has 0 radical (unpaired) electrons. The number of rotatable bonds is 4. The average Bonchev–Trinajstić information content (AvgIpc) is 3.18. The molecule has 0 N–H and O–H groups in total. The van der Waals surface area contributed by atoms with Gasteiger partial charge in [-0.2, -0.15) is 4.68 Å². The van der Waals surface area contributed by atoms with Crippen LogP contribution in [0.15, 0.2) is 59.4 Å². The van der Waals surface area contributed by atoms with E-state index in [1.54, 1.807) is 38.1 Å². The summed E-state index contributed by atoms with van der Waals surface area (Å²) >= 11 is 7.33. The molecule has 5 rings (SSSR count). The predicted octanol–water partition coefficient (Wildman–Crippen LogP) is 5.20. The number of hydrogen-bond donors (Lipinski definition) is 0. The summed E-state index contributed by atoms with van der Waals surface area (Å²) < 4.78 is 7.00. The quantitative estimate of drug-likeness (QED) is 0.331. The molecule has 0 bridgehead atoms. The second kappa shape index (κ2) is 8.38. The van der Waals surface area contributed by atoms with Crippen molar-refractivity contribution in [2.24, 2.45) is 0 Å². The van der Waals surface area contributed by atoms with Crippen molar-refractivity contribution in [3.63, 3.8) is 0 Å². The fourth-order valence-electron chi connectivity index (χ4n) is 3.79. The Morgan fingerprint density at radius 2 is 1.85 bits per heavy atom. The molecule has 0 aliphatic rings. The summed E-state index contributed by atoms with van der Waals surface area (Å²) in [5.41, 5.74) is 2.90. The lowest BCUT2D eigenvalue weighted by Gasteiger charge is -2.13. The van der Waals surface area contributed by atoms with Crippen LogP contribution < -0.4 is 5.56 Å². The van der Waals surface area contributed by atoms with E-state index >= 15 is 0 Å². The van der Waals surface area contributed by atoms with Crippen molar-refractivity contribution in [1.82, 2.24) is 20.0 Å². The Balaban J connectivity index is 1.89. The maximum Gasteiger partial charge on any atom is 0.340 e. The topological polar surface area (TPSA) is 87.0 Å². The molecule has 33 heavy (non-hydrogen) atoms. The number of carbonyl (C=O) groups is 1. The first kappa shape index (κ1) is 21.2. The van der Waals surface area contributed by atoms with Crippen molar-refractivity contribution >= 4 is 49.3 Å². The molecule has 0 saturated heterocycles. The molecule has 0 fully saturated rings. The van der Waals surface area contributed by atoms with E-state index in [1.165, 1.54) is 16.0 Å². The molecule has 0 unspecified atom stereocenters. The normalized spacial score (nSPS) is 11.2. The number of esters is 1. The molecule has 7 nitrogen and oxygen atoms in total. The molecule has 5 aromatic rings. The number of fused-ring (bicyclic) bond motifs is 3. The number of halogens is 1. The lowest BCUT2D eigenvalue weighted by molar-refractivity contribution is 0.0526. The molecule has 0 saturated carbocycles. The van der Waals surface area contributed by atoms with Gasteiger partial charge in [0.25, 0.3) is 5.56 Å². The van der Waals surface area contributed by atoms with Crippen molar-refractivity contribution in [1.29, 1.82) is 0 Å². The first-order valence-electron chi connectivity index (χ1n) is 10.2. The smallest absolute Gasteiger partial charge is 0.340 e. The molecule has 0 aliphatic carbocycles. The van der Waals surface area contributed by atoms with E-state index in [0.29, 0.717) is 48.0 Å². The number of nitrogens with zero attached hydrogens (tertiary/aromatic N) is 4. The monoisotopic (exact) mass is 476 g/mol. The van der Waals surface area contributed by atoms with Gasteiger partial charge in [-0.1, -0.05) is 47.1 Å². The minimum absolute atomic E-state index is 0.225. The third kappa shape index (κ3) is 3.57. The molecule has 3 heterocycles. The summed E-state index contributed by atoms with van der Waals surface area (Å²) in [4.78, 5) is 31.5. The van der Waals surface area contributed by atoms with Crippen LogP contribution in [0, 0.1) is 6.92 Å². The molecule has 0 aliphatic heterocycles. The summed E-state index contributed by atoms with van der Waals surface area (Å²) in [6.45, 7) is 3.73. The zero-order valence-corrected chi connectivity index (χ0v) is 19.3. The number of thiophene rings is 1. The van der Waals surface area contributed by atoms with Gasteiger partial charge in [-0.05, 0) is 43.7 Å². The number of aryl methyl sites for hydroxylation is 1. The summed E-state index contributed by atoms with van der Waals surface area (Å²) in [6, 6.07) is 16.2. The lowest BCUT2D eigenvalue weighted by Crippen LogP contribution is -2.21. The molecule has 9 heteroatoms. The lowest BCUT2D eigenvalue weighted by atomic mass is 9.96. The maximum atomic E-state index is 13.3. The van der Waals surface area contributed by atoms with Gasteiger partial charge < -0.3 is 4.74 Å². The van der Waals surface area contributed by atoms with E-state index in [1.807, 2.05) is 30.3 Å². The molecule has 164 valence electrons. The van der Waals surface area contributed by atoms with E-state index in [0.717, 1.165) is 5.56 Å². The summed E-state index contributed by atoms with van der Waals surface area (Å²) in [6.07, 6.45) is 0. The van der Waals surface area contributed by atoms with Gasteiger partial charge in [0.2, 0.25) is 0 Å². The molecular formula is C24H17ClN4O3S. The number of ether oxygens (including phenoxy) is 1. The van der Waals surface area contributed by atoms with Crippen molar-refractivity contribution in [2.45, 2.75) is 13.8 Å². The van der Waals surface area contributed by atoms with Crippen LogP contribution in [0.3, 0.4) is 0 Å². The second-order valence-electron chi connectivity index (χ2n) is 7.28. The fourth-order valence-corrected chi connectivity index (χ4v) is 5.01. The van der Waals surface area contributed by atoms with Crippen LogP contribution in [-0.2, 0) is 4.74 Å². The first-order valence-corrected chi connectivity index (χ1v) is 11.4. The van der Waals surface area contributed by atoms with Crippen LogP contribution in [0.25, 0.3) is 37.2 Å². The van der Waals surface area contributed by atoms with E-state index < -0.39 is 5.97 Å². The van der Waals surface area contributed by atoms with Crippen molar-refractivity contribution in [3.05, 3.63) is 81.2 Å². The highest BCUT2D eigenvalue weighted by atomic mass is 35.5. The second-order valence-corrected chi connectivity index (χ2v) is 8.71. The predicted molar refractivity (Wildman–Crippen MR) is 129 cm³/mol. The van der Waals surface area contributed by atoms with E-state index in [2.05, 4.69) is 15.3 Å². The highest BCUT2D eigenvalue weighted by Gasteiger charge is 2.26. The first-order chi connectivity index (χ1) is 16.0. The Kier molecular flexibility index (Phi) is 5.39. The summed E-state index contributed by atoms with van der Waals surface area (Å²) in [7, 11) is 0. The van der Waals surface area contributed by atoms with Crippen LogP contribution in [-0.4, -0.2) is 32.6 Å². The van der Waals surface area contributed by atoms with Gasteiger partial charge in [0, 0.05) is 16.0 Å². The van der Waals surface area contributed by atoms with Crippen LogP contribution in [0.5, 0.6) is 0 Å². The molecule has 2 aromatic carbocycles. The number of carbonyl (C=O) groups excluding carboxylic acids is 1. The molecule has 3 aromatic heterocycles. The number of pyridine rings is 1. The van der Waals surface area contributed by atoms with E-state index in [-0.39, 0.29) is 12.2 Å². The van der Waals surface area contributed by atoms with Gasteiger partial charge in [-0.15, -0.1) is 16.4 Å². The Hall–Kier alpha value is -3.62. The molecule has 0 atom stereocenters. The van der Waals surface area contributed by atoms with Crippen LogP contribution in [0.4, 0.5) is 0 Å². The van der Waals surface area contributed by atoms with Gasteiger partial charge in [0.15, 0.2) is 0 Å². The van der Waals surface area contributed by atoms with Crippen LogP contribution >= 0.6 is 22.9 Å². The zero-order valence-electron chi connectivity index (χ0n) is 17.7. The Labute approximate surface area is 197 Å². The largest absolute Gasteiger partial charge is 0.462 e. The average molecular weight is 477 g/mol. The van der Waals surface area contributed by atoms with Crippen molar-refractivity contribution in [2.75, 3.05) is 6.61 Å². The van der Waals surface area contributed by atoms with Gasteiger partial charge in [-0.3, -0.25) is 4.79 Å². The van der Waals surface area contributed by atoms with E-state index in [9.17, 15) is 9.59 Å². The number of benzene rings is 2. The third-order valence-corrected chi connectivity index (χ3v) is 6.54. The Bertz CT molecular complexity index is 1580. The van der Waals surface area contributed by atoms with Crippen molar-refractivity contribution < 1.29 is 9.53 Å². The summed E-state index contributed by atoms with van der Waals surface area (Å²) in [5.74, 6) is -0.487. The minimum atomic E-state index is -0.487. The third-order valence-electron chi connectivity index (χ3n) is 5.23. The number of hydrogen-bond acceptors (Lipinski definition) is 7. The number of aromatic nitrogens is 4. The Morgan fingerprint density at radius 1 is 1.12 bits per heavy atom. The standard InChI is InChI=1S/C24H17ClN4O3S/c1-3-32-24(31)17-13(2)26-22-19(18(17)14-9-11-15(25)12-10-14)20-21(33-22)23(30)29(28-27-20)16-7-5-4-6-8-16/h4-12H,3H2,1-2H3. The van der Waals surface area contributed by atoms with Gasteiger partial charge in [-0.25, -0.2) is 9.78 Å². The van der Waals surface area contributed by atoms with Crippen molar-refractivity contribution in [3.8, 4) is 16.8 Å². The molecule has 0 amide bonds. The maximum absolute atomic E-state index is 13.3. The number of para-hydroxylation sites is 1. The summed E-state index contributed by atoms with van der Waals surface area (Å²) in [5, 5.41) is 9.73. The minimum Gasteiger partial charge on any atom is -0.462 e. The molecule has 0 spiro atoms.